The Labute approximate surface area is 121 Å². The van der Waals surface area contributed by atoms with E-state index in [1.807, 2.05) is 0 Å². The second-order valence-electron chi connectivity index (χ2n) is 6.12. The van der Waals surface area contributed by atoms with Crippen molar-refractivity contribution in [1.82, 2.24) is 14.9 Å². The SMILES string of the molecule is COc1cnc(NCC2(N(C)C)CCCC(C)C2)nc1. The first-order valence-electron chi connectivity index (χ1n) is 7.33. The van der Waals surface area contributed by atoms with Crippen molar-refractivity contribution in [1.29, 1.82) is 0 Å². The van der Waals surface area contributed by atoms with E-state index in [0.29, 0.717) is 11.7 Å². The molecule has 1 heterocycles. The average molecular weight is 278 g/mol. The van der Waals surface area contributed by atoms with Crippen molar-refractivity contribution in [3.63, 3.8) is 0 Å². The number of likely N-dealkylation sites (N-methyl/N-ethyl adjacent to an activating group) is 1. The third-order valence-electron chi connectivity index (χ3n) is 4.46. The van der Waals surface area contributed by atoms with Crippen LogP contribution >= 0.6 is 0 Å². The van der Waals surface area contributed by atoms with Gasteiger partial charge in [-0.1, -0.05) is 19.8 Å². The summed E-state index contributed by atoms with van der Waals surface area (Å²) in [4.78, 5) is 10.9. The summed E-state index contributed by atoms with van der Waals surface area (Å²) in [6, 6.07) is 0. The molecule has 2 unspecified atom stereocenters. The number of methoxy groups -OCH3 is 1. The second kappa shape index (κ2) is 6.39. The van der Waals surface area contributed by atoms with Crippen LogP contribution in [0.3, 0.4) is 0 Å². The maximum absolute atomic E-state index is 5.07. The molecule has 5 nitrogen and oxygen atoms in total. The van der Waals surface area contributed by atoms with Crippen molar-refractivity contribution < 1.29 is 4.74 Å². The van der Waals surface area contributed by atoms with Crippen LogP contribution in [0.4, 0.5) is 5.95 Å². The Morgan fingerprint density at radius 3 is 2.65 bits per heavy atom. The lowest BCUT2D eigenvalue weighted by Crippen LogP contribution is -2.52. The van der Waals surface area contributed by atoms with Crippen LogP contribution < -0.4 is 10.1 Å². The maximum atomic E-state index is 5.07. The van der Waals surface area contributed by atoms with Gasteiger partial charge >= 0.3 is 0 Å². The number of ether oxygens (including phenoxy) is 1. The molecule has 1 aliphatic carbocycles. The Balaban J connectivity index is 2.01. The number of hydrogen-bond donors (Lipinski definition) is 1. The van der Waals surface area contributed by atoms with Crippen molar-refractivity contribution >= 4 is 5.95 Å². The fourth-order valence-electron chi connectivity index (χ4n) is 3.11. The van der Waals surface area contributed by atoms with E-state index < -0.39 is 0 Å². The van der Waals surface area contributed by atoms with E-state index in [1.165, 1.54) is 25.7 Å². The van der Waals surface area contributed by atoms with Gasteiger partial charge in [-0.15, -0.1) is 0 Å². The summed E-state index contributed by atoms with van der Waals surface area (Å²) < 4.78 is 5.07. The molecule has 1 fully saturated rings. The molecule has 2 rings (SSSR count). The second-order valence-corrected chi connectivity index (χ2v) is 6.12. The molecule has 0 spiro atoms. The average Bonchev–Trinajstić information content (AvgIpc) is 2.45. The van der Waals surface area contributed by atoms with Crippen LogP contribution in [0.5, 0.6) is 5.75 Å². The molecule has 1 aliphatic rings. The van der Waals surface area contributed by atoms with Gasteiger partial charge in [0.15, 0.2) is 5.75 Å². The Hall–Kier alpha value is -1.36. The minimum Gasteiger partial charge on any atom is -0.494 e. The van der Waals surface area contributed by atoms with E-state index in [2.05, 4.69) is 41.2 Å². The predicted molar refractivity (Wildman–Crippen MR) is 81.1 cm³/mol. The number of rotatable bonds is 5. The Kier molecular flexibility index (Phi) is 4.81. The highest BCUT2D eigenvalue weighted by Gasteiger charge is 2.36. The summed E-state index contributed by atoms with van der Waals surface area (Å²) in [5.74, 6) is 2.14. The van der Waals surface area contributed by atoms with Crippen molar-refractivity contribution in [3.05, 3.63) is 12.4 Å². The highest BCUT2D eigenvalue weighted by molar-refractivity contribution is 5.28. The molecule has 1 aromatic heterocycles. The zero-order chi connectivity index (χ0) is 14.6. The van der Waals surface area contributed by atoms with Gasteiger partial charge < -0.3 is 15.0 Å². The Morgan fingerprint density at radius 2 is 2.10 bits per heavy atom. The fraction of sp³-hybridized carbons (Fsp3) is 0.733. The summed E-state index contributed by atoms with van der Waals surface area (Å²) in [6.45, 7) is 3.23. The van der Waals surface area contributed by atoms with E-state index in [1.54, 1.807) is 19.5 Å². The standard InChI is InChI=1S/C15H26N4O/c1-12-6-5-7-15(8-12,19(2)3)11-18-14-16-9-13(20-4)10-17-14/h9-10,12H,5-8,11H2,1-4H3,(H,16,17,18). The first kappa shape index (κ1) is 15.0. The summed E-state index contributed by atoms with van der Waals surface area (Å²) in [7, 11) is 5.97. The minimum absolute atomic E-state index is 0.209. The molecule has 0 aliphatic heterocycles. The van der Waals surface area contributed by atoms with E-state index in [4.69, 9.17) is 4.74 Å². The quantitative estimate of drug-likeness (QED) is 0.896. The van der Waals surface area contributed by atoms with Crippen molar-refractivity contribution in [2.75, 3.05) is 33.1 Å². The highest BCUT2D eigenvalue weighted by atomic mass is 16.5. The van der Waals surface area contributed by atoms with Gasteiger partial charge in [0.2, 0.25) is 5.95 Å². The monoisotopic (exact) mass is 278 g/mol. The van der Waals surface area contributed by atoms with Gasteiger partial charge in [-0.2, -0.15) is 0 Å². The fourth-order valence-corrected chi connectivity index (χ4v) is 3.11. The molecule has 20 heavy (non-hydrogen) atoms. The van der Waals surface area contributed by atoms with E-state index in [0.717, 1.165) is 12.5 Å². The Morgan fingerprint density at radius 1 is 1.40 bits per heavy atom. The first-order valence-corrected chi connectivity index (χ1v) is 7.33. The molecular weight excluding hydrogens is 252 g/mol. The van der Waals surface area contributed by atoms with Gasteiger partial charge in [-0.05, 0) is 32.9 Å². The predicted octanol–water partition coefficient (Wildman–Crippen LogP) is 2.41. The van der Waals surface area contributed by atoms with Crippen LogP contribution in [0.15, 0.2) is 12.4 Å². The lowest BCUT2D eigenvalue weighted by atomic mass is 9.75. The summed E-state index contributed by atoms with van der Waals surface area (Å²) in [6.07, 6.45) is 8.48. The Bertz CT molecular complexity index is 420. The molecular formula is C15H26N4O. The molecule has 1 N–H and O–H groups in total. The van der Waals surface area contributed by atoms with Crippen LogP contribution in [-0.4, -0.2) is 48.2 Å². The summed E-state index contributed by atoms with van der Waals surface area (Å²) in [5, 5.41) is 3.39. The molecule has 2 atom stereocenters. The third-order valence-corrected chi connectivity index (χ3v) is 4.46. The lowest BCUT2D eigenvalue weighted by molar-refractivity contribution is 0.0881. The lowest BCUT2D eigenvalue weighted by Gasteiger charge is -2.45. The number of nitrogens with one attached hydrogen (secondary N) is 1. The van der Waals surface area contributed by atoms with Gasteiger partial charge in [0, 0.05) is 12.1 Å². The van der Waals surface area contributed by atoms with Gasteiger partial charge in [0.1, 0.15) is 0 Å². The normalized spacial score (nSPS) is 26.6. The molecule has 0 aromatic carbocycles. The minimum atomic E-state index is 0.209. The zero-order valence-electron chi connectivity index (χ0n) is 13.0. The van der Waals surface area contributed by atoms with Crippen molar-refractivity contribution in [3.8, 4) is 5.75 Å². The topological polar surface area (TPSA) is 50.3 Å². The van der Waals surface area contributed by atoms with E-state index >= 15 is 0 Å². The smallest absolute Gasteiger partial charge is 0.222 e. The van der Waals surface area contributed by atoms with Crippen molar-refractivity contribution in [2.45, 2.75) is 38.1 Å². The molecule has 1 aromatic rings. The molecule has 0 amide bonds. The van der Waals surface area contributed by atoms with Gasteiger partial charge in [0.25, 0.3) is 0 Å². The van der Waals surface area contributed by atoms with Crippen LogP contribution in [0.1, 0.15) is 32.6 Å². The van der Waals surface area contributed by atoms with Gasteiger partial charge in [-0.25, -0.2) is 9.97 Å². The number of nitrogens with zero attached hydrogens (tertiary/aromatic N) is 3. The van der Waals surface area contributed by atoms with Crippen LogP contribution in [0.25, 0.3) is 0 Å². The van der Waals surface area contributed by atoms with Gasteiger partial charge in [-0.3, -0.25) is 0 Å². The summed E-state index contributed by atoms with van der Waals surface area (Å²) >= 11 is 0. The van der Waals surface area contributed by atoms with Crippen molar-refractivity contribution in [2.24, 2.45) is 5.92 Å². The third kappa shape index (κ3) is 3.39. The molecule has 5 heteroatoms. The molecule has 0 radical (unpaired) electrons. The van der Waals surface area contributed by atoms with Gasteiger partial charge in [0.05, 0.1) is 19.5 Å². The van der Waals surface area contributed by atoms with Crippen LogP contribution in [0, 0.1) is 5.92 Å². The van der Waals surface area contributed by atoms with E-state index in [9.17, 15) is 0 Å². The van der Waals surface area contributed by atoms with Crippen LogP contribution in [-0.2, 0) is 0 Å². The number of hydrogen-bond acceptors (Lipinski definition) is 5. The molecule has 112 valence electrons. The first-order chi connectivity index (χ1) is 9.55. The van der Waals surface area contributed by atoms with E-state index in [-0.39, 0.29) is 5.54 Å². The number of anilines is 1. The maximum Gasteiger partial charge on any atom is 0.222 e. The highest BCUT2D eigenvalue weighted by Crippen LogP contribution is 2.35. The zero-order valence-corrected chi connectivity index (χ0v) is 13.0. The molecule has 0 saturated heterocycles. The molecule has 1 saturated carbocycles. The largest absolute Gasteiger partial charge is 0.494 e. The van der Waals surface area contributed by atoms with Crippen LogP contribution in [0.2, 0.25) is 0 Å². The number of aromatic nitrogens is 2. The summed E-state index contributed by atoms with van der Waals surface area (Å²) in [5.41, 5.74) is 0.209. The molecule has 0 bridgehead atoms.